The molecule has 2 N–H and O–H groups in total. The summed E-state index contributed by atoms with van der Waals surface area (Å²) in [5, 5.41) is 12.4. The standard InChI is InChI=1S/C25H22F13NO3/c26-20(27,21(28,29)22(30,31)23(32,33)24(34,35)25(36,37)38)12-11-18(40)17(13-15-7-3-1-4-8-15)39-19(41)42-14-16-9-5-2-6-10-16/h1-10,17-18,40H,11-14H2,(H,39,41)/t17-,18+/m0/s1. The van der Waals surface area contributed by atoms with Gasteiger partial charge in [-0.05, 0) is 24.0 Å². The van der Waals surface area contributed by atoms with E-state index in [-0.39, 0.29) is 6.61 Å². The minimum Gasteiger partial charge on any atom is -0.445 e. The zero-order valence-electron chi connectivity index (χ0n) is 20.9. The van der Waals surface area contributed by atoms with Crippen LogP contribution in [0.15, 0.2) is 60.7 Å². The molecule has 2 rings (SSSR count). The van der Waals surface area contributed by atoms with Gasteiger partial charge in [0.05, 0.1) is 12.1 Å². The number of hydrogen-bond donors (Lipinski definition) is 2. The molecule has 0 aliphatic heterocycles. The van der Waals surface area contributed by atoms with Gasteiger partial charge in [-0.25, -0.2) is 4.79 Å². The van der Waals surface area contributed by atoms with Crippen molar-refractivity contribution in [3.8, 4) is 0 Å². The summed E-state index contributed by atoms with van der Waals surface area (Å²) in [5.41, 5.74) is 0.811. The Balaban J connectivity index is 2.23. The Morgan fingerprint density at radius 1 is 0.690 bits per heavy atom. The van der Waals surface area contributed by atoms with E-state index in [2.05, 4.69) is 5.32 Å². The summed E-state index contributed by atoms with van der Waals surface area (Å²) in [4.78, 5) is 12.2. The van der Waals surface area contributed by atoms with E-state index < -0.39 is 73.3 Å². The van der Waals surface area contributed by atoms with Crippen molar-refractivity contribution in [2.75, 3.05) is 0 Å². The van der Waals surface area contributed by atoms with Gasteiger partial charge in [-0.15, -0.1) is 0 Å². The molecule has 17 heteroatoms. The number of hydrogen-bond acceptors (Lipinski definition) is 3. The van der Waals surface area contributed by atoms with Gasteiger partial charge in [0.15, 0.2) is 0 Å². The molecule has 0 aliphatic carbocycles. The number of rotatable bonds is 13. The van der Waals surface area contributed by atoms with Crippen LogP contribution in [-0.4, -0.2) is 59.1 Å². The largest absolute Gasteiger partial charge is 0.460 e. The lowest BCUT2D eigenvalue weighted by Gasteiger charge is -2.40. The third kappa shape index (κ3) is 7.21. The van der Waals surface area contributed by atoms with Crippen molar-refractivity contribution >= 4 is 6.09 Å². The molecule has 0 saturated heterocycles. The smallest absolute Gasteiger partial charge is 0.445 e. The van der Waals surface area contributed by atoms with Crippen LogP contribution in [0.3, 0.4) is 0 Å². The highest BCUT2D eigenvalue weighted by molar-refractivity contribution is 5.67. The van der Waals surface area contributed by atoms with Crippen LogP contribution in [0.25, 0.3) is 0 Å². The zero-order valence-corrected chi connectivity index (χ0v) is 20.9. The number of alkyl halides is 13. The Bertz CT molecular complexity index is 1160. The molecule has 0 radical (unpaired) electrons. The van der Waals surface area contributed by atoms with E-state index in [1.807, 2.05) is 0 Å². The average molecular weight is 631 g/mol. The van der Waals surface area contributed by atoms with E-state index in [9.17, 15) is 67.0 Å². The molecule has 42 heavy (non-hydrogen) atoms. The predicted molar refractivity (Wildman–Crippen MR) is 120 cm³/mol. The molecular weight excluding hydrogens is 609 g/mol. The first-order chi connectivity index (χ1) is 19.1. The van der Waals surface area contributed by atoms with Gasteiger partial charge in [-0.3, -0.25) is 0 Å². The maximum atomic E-state index is 14.2. The fourth-order valence-corrected chi connectivity index (χ4v) is 3.56. The zero-order chi connectivity index (χ0) is 32.2. The second kappa shape index (κ2) is 12.6. The number of carbonyl (C=O) groups excluding carboxylic acids is 1. The molecular formula is C25H22F13NO3. The normalized spacial score (nSPS) is 15.2. The molecule has 0 heterocycles. The van der Waals surface area contributed by atoms with Gasteiger partial charge in [-0.2, -0.15) is 57.1 Å². The number of amides is 1. The molecule has 2 aromatic rings. The van der Waals surface area contributed by atoms with Gasteiger partial charge in [0.1, 0.15) is 6.61 Å². The van der Waals surface area contributed by atoms with Crippen LogP contribution in [0.2, 0.25) is 0 Å². The summed E-state index contributed by atoms with van der Waals surface area (Å²) >= 11 is 0. The summed E-state index contributed by atoms with van der Waals surface area (Å²) in [5.74, 6) is -37.6. The topological polar surface area (TPSA) is 58.6 Å². The van der Waals surface area contributed by atoms with Crippen LogP contribution in [0.5, 0.6) is 0 Å². The van der Waals surface area contributed by atoms with Crippen LogP contribution < -0.4 is 5.32 Å². The van der Waals surface area contributed by atoms with E-state index >= 15 is 0 Å². The summed E-state index contributed by atoms with van der Waals surface area (Å²) < 4.78 is 179. The van der Waals surface area contributed by atoms with Crippen molar-refractivity contribution in [3.63, 3.8) is 0 Å². The van der Waals surface area contributed by atoms with E-state index in [1.54, 1.807) is 30.3 Å². The minimum absolute atomic E-state index is 0.322. The summed E-state index contributed by atoms with van der Waals surface area (Å²) in [6.45, 7) is -0.322. The maximum Gasteiger partial charge on any atom is 0.460 e. The lowest BCUT2D eigenvalue weighted by atomic mass is 9.90. The second-order valence-corrected chi connectivity index (χ2v) is 9.11. The highest BCUT2D eigenvalue weighted by Crippen LogP contribution is 2.60. The number of aliphatic hydroxyl groups excluding tert-OH is 1. The number of aliphatic hydroxyl groups is 1. The molecule has 0 saturated carbocycles. The van der Waals surface area contributed by atoms with Crippen molar-refractivity contribution in [2.45, 2.75) is 73.8 Å². The maximum absolute atomic E-state index is 14.2. The number of carbonyl (C=O) groups is 1. The molecule has 0 aromatic heterocycles. The number of benzene rings is 2. The highest BCUT2D eigenvalue weighted by Gasteiger charge is 2.90. The number of ether oxygens (including phenoxy) is 1. The third-order valence-corrected chi connectivity index (χ3v) is 6.03. The van der Waals surface area contributed by atoms with Crippen LogP contribution in [0, 0.1) is 0 Å². The van der Waals surface area contributed by atoms with Crippen molar-refractivity contribution in [2.24, 2.45) is 0 Å². The van der Waals surface area contributed by atoms with Gasteiger partial charge in [0.25, 0.3) is 0 Å². The molecule has 0 unspecified atom stereocenters. The van der Waals surface area contributed by atoms with Gasteiger partial charge in [0, 0.05) is 6.42 Å². The van der Waals surface area contributed by atoms with Crippen molar-refractivity contribution in [3.05, 3.63) is 71.8 Å². The Kier molecular flexibility index (Phi) is 10.4. The number of alkyl carbamates (subject to hydrolysis) is 1. The minimum atomic E-state index is -8.01. The molecule has 0 bridgehead atoms. The predicted octanol–water partition coefficient (Wildman–Crippen LogP) is 7.40. The van der Waals surface area contributed by atoms with Crippen LogP contribution in [0.1, 0.15) is 24.0 Å². The van der Waals surface area contributed by atoms with Crippen LogP contribution in [-0.2, 0) is 17.8 Å². The SMILES string of the molecule is O=C(N[C@@H](Cc1ccccc1)[C@H](O)CCC(F)(F)C(F)(F)C(F)(F)C(F)(F)C(F)(F)C(F)(F)F)OCc1ccccc1. The monoisotopic (exact) mass is 631 g/mol. The molecule has 0 spiro atoms. The van der Waals surface area contributed by atoms with Gasteiger partial charge < -0.3 is 15.2 Å². The average Bonchev–Trinajstić information content (AvgIpc) is 2.90. The first-order valence-corrected chi connectivity index (χ1v) is 11.7. The van der Waals surface area contributed by atoms with E-state index in [4.69, 9.17) is 4.74 Å². The lowest BCUT2D eigenvalue weighted by Crippen LogP contribution is -2.70. The fourth-order valence-electron chi connectivity index (χ4n) is 3.56. The van der Waals surface area contributed by atoms with E-state index in [1.165, 1.54) is 30.3 Å². The van der Waals surface area contributed by atoms with Crippen molar-refractivity contribution < 1.29 is 71.7 Å². The Morgan fingerprint density at radius 2 is 1.14 bits per heavy atom. The van der Waals surface area contributed by atoms with E-state index in [0.717, 1.165) is 0 Å². The highest BCUT2D eigenvalue weighted by atomic mass is 19.4. The van der Waals surface area contributed by atoms with Crippen molar-refractivity contribution in [1.29, 1.82) is 0 Å². The molecule has 0 aliphatic rings. The summed E-state index contributed by atoms with van der Waals surface area (Å²) in [6.07, 6.45) is -15.7. The first-order valence-electron chi connectivity index (χ1n) is 11.7. The Morgan fingerprint density at radius 3 is 1.62 bits per heavy atom. The molecule has 1 amide bonds. The third-order valence-electron chi connectivity index (χ3n) is 6.03. The quantitative estimate of drug-likeness (QED) is 0.227. The number of halogens is 13. The Hall–Kier alpha value is -3.24. The summed E-state index contributed by atoms with van der Waals surface area (Å²) in [7, 11) is 0. The molecule has 0 fully saturated rings. The molecule has 4 nitrogen and oxygen atoms in total. The molecule has 2 aromatic carbocycles. The van der Waals surface area contributed by atoms with Gasteiger partial charge >= 0.3 is 41.9 Å². The van der Waals surface area contributed by atoms with Crippen LogP contribution in [0.4, 0.5) is 61.9 Å². The molecule has 236 valence electrons. The van der Waals surface area contributed by atoms with Crippen LogP contribution >= 0.6 is 0 Å². The summed E-state index contributed by atoms with van der Waals surface area (Å²) in [6, 6.07) is 13.6. The number of nitrogens with one attached hydrogen (secondary N) is 1. The lowest BCUT2D eigenvalue weighted by molar-refractivity contribution is -0.440. The van der Waals surface area contributed by atoms with Gasteiger partial charge in [0.2, 0.25) is 0 Å². The van der Waals surface area contributed by atoms with Crippen molar-refractivity contribution in [1.82, 2.24) is 5.32 Å². The molecule has 2 atom stereocenters. The van der Waals surface area contributed by atoms with Gasteiger partial charge in [-0.1, -0.05) is 60.7 Å². The first kappa shape index (κ1) is 35.0. The fraction of sp³-hybridized carbons (Fsp3) is 0.480. The Labute approximate surface area is 229 Å². The van der Waals surface area contributed by atoms with E-state index in [0.29, 0.717) is 11.1 Å². The second-order valence-electron chi connectivity index (χ2n) is 9.11.